The van der Waals surface area contributed by atoms with Crippen molar-refractivity contribution in [3.05, 3.63) is 88.3 Å². The molecule has 2 aromatic carbocycles. The van der Waals surface area contributed by atoms with Crippen molar-refractivity contribution < 1.29 is 45.8 Å². The van der Waals surface area contributed by atoms with Crippen molar-refractivity contribution in [2.45, 2.75) is 37.4 Å². The molecule has 0 saturated carbocycles. The number of methoxy groups -OCH3 is 2. The summed E-state index contributed by atoms with van der Waals surface area (Å²) >= 11 is 0. The molecule has 2 heterocycles. The first kappa shape index (κ1) is 30.5. The van der Waals surface area contributed by atoms with E-state index in [1.54, 1.807) is 24.3 Å². The molecule has 42 heavy (non-hydrogen) atoms. The Balaban J connectivity index is 1.65. The number of nitrogens with one attached hydrogen (secondary N) is 1. The molecule has 2 amide bonds. The number of aromatic nitrogens is 1. The van der Waals surface area contributed by atoms with Gasteiger partial charge in [-0.3, -0.25) is 14.4 Å². The van der Waals surface area contributed by atoms with Crippen LogP contribution in [0, 0.1) is 0 Å². The zero-order valence-corrected chi connectivity index (χ0v) is 22.3. The van der Waals surface area contributed by atoms with Crippen LogP contribution in [0.2, 0.25) is 0 Å². The van der Waals surface area contributed by atoms with Gasteiger partial charge in [-0.1, -0.05) is 12.1 Å². The first-order chi connectivity index (χ1) is 19.9. The zero-order valence-electron chi connectivity index (χ0n) is 22.3. The van der Waals surface area contributed by atoms with Crippen molar-refractivity contribution in [1.82, 2.24) is 9.88 Å². The Morgan fingerprint density at radius 1 is 1.00 bits per heavy atom. The molecule has 1 unspecified atom stereocenters. The van der Waals surface area contributed by atoms with Gasteiger partial charge in [0.1, 0.15) is 23.2 Å². The third-order valence-electron chi connectivity index (χ3n) is 6.79. The number of benzene rings is 2. The number of carbonyl (C=O) groups is 2. The molecule has 4 rings (SSSR count). The Hall–Kier alpha value is -4.46. The highest BCUT2D eigenvalue weighted by atomic mass is 19.4. The molecule has 9 nitrogen and oxygen atoms in total. The molecular weight excluding hydrogens is 569 g/mol. The van der Waals surface area contributed by atoms with Crippen LogP contribution in [0.25, 0.3) is 0 Å². The highest BCUT2D eigenvalue weighted by Gasteiger charge is 2.44. The molecular formula is C28H26F5N3O6. The maximum atomic E-state index is 13.7. The average molecular weight is 596 g/mol. The van der Waals surface area contributed by atoms with Crippen LogP contribution >= 0.6 is 0 Å². The van der Waals surface area contributed by atoms with Gasteiger partial charge in [0.25, 0.3) is 11.5 Å². The summed E-state index contributed by atoms with van der Waals surface area (Å²) in [6.07, 6.45) is -5.82. The van der Waals surface area contributed by atoms with Gasteiger partial charge in [-0.2, -0.15) is 22.0 Å². The van der Waals surface area contributed by atoms with Crippen LogP contribution < -0.4 is 25.2 Å². The lowest BCUT2D eigenvalue weighted by Crippen LogP contribution is -2.44. The molecule has 0 aliphatic carbocycles. The molecule has 1 aromatic heterocycles. The second kappa shape index (κ2) is 12.6. The lowest BCUT2D eigenvalue weighted by molar-refractivity contribution is -0.216. The van der Waals surface area contributed by atoms with Crippen LogP contribution in [0.15, 0.2) is 71.7 Å². The number of nitrogens with zero attached hydrogens (tertiary/aromatic N) is 2. The zero-order chi connectivity index (χ0) is 30.6. The lowest BCUT2D eigenvalue weighted by Gasteiger charge is -2.21. The van der Waals surface area contributed by atoms with E-state index in [2.05, 4.69) is 14.8 Å². The molecule has 0 bridgehead atoms. The standard InChI is InChI=1S/C28H26F5N3O6/c1-40-18-9-5-16(6-10-18)20-14-36(21-4-3-13-35(25(21)38)15-22(41-2)28(31,32)33)26(39)23(20)34-24(37)17-7-11-19(12-8-17)42-27(29)30/h3-13,20,22-23,27H,14-15H2,1-2H3,(H,34,37)/t20-,22?,23-/m0/s1. The quantitative estimate of drug-likeness (QED) is 0.357. The van der Waals surface area contributed by atoms with E-state index < -0.39 is 54.8 Å². The molecule has 3 aromatic rings. The highest BCUT2D eigenvalue weighted by molar-refractivity contribution is 6.05. The fourth-order valence-corrected chi connectivity index (χ4v) is 4.64. The minimum atomic E-state index is -4.73. The maximum Gasteiger partial charge on any atom is 0.416 e. The minimum absolute atomic E-state index is 0.0520. The SMILES string of the molecule is COc1ccc([C@@H]2CN(c3cccn(CC(OC)C(F)(F)F)c3=O)C(=O)[C@H]2NC(=O)c2ccc(OC(F)F)cc2)cc1. The first-order valence-electron chi connectivity index (χ1n) is 12.5. The third kappa shape index (κ3) is 6.70. The number of ether oxygens (including phenoxy) is 3. The van der Waals surface area contributed by atoms with Crippen molar-refractivity contribution in [3.63, 3.8) is 0 Å². The van der Waals surface area contributed by atoms with Gasteiger partial charge in [-0.15, -0.1) is 0 Å². The Morgan fingerprint density at radius 2 is 1.64 bits per heavy atom. The van der Waals surface area contributed by atoms with Gasteiger partial charge in [0, 0.05) is 31.3 Å². The van der Waals surface area contributed by atoms with E-state index in [1.807, 2.05) is 0 Å². The van der Waals surface area contributed by atoms with Crippen LogP contribution in [-0.2, 0) is 16.1 Å². The topological polar surface area (TPSA) is 99.1 Å². The number of amides is 2. The summed E-state index contributed by atoms with van der Waals surface area (Å²) in [6, 6.07) is 13.0. The third-order valence-corrected chi connectivity index (χ3v) is 6.79. The van der Waals surface area contributed by atoms with Crippen molar-refractivity contribution in [2.75, 3.05) is 25.7 Å². The Morgan fingerprint density at radius 3 is 2.21 bits per heavy atom. The van der Waals surface area contributed by atoms with Gasteiger partial charge in [-0.25, -0.2) is 0 Å². The number of anilines is 1. The molecule has 1 aliphatic heterocycles. The van der Waals surface area contributed by atoms with Crippen molar-refractivity contribution in [2.24, 2.45) is 0 Å². The molecule has 3 atom stereocenters. The van der Waals surface area contributed by atoms with Crippen LogP contribution in [-0.4, -0.2) is 62.1 Å². The van der Waals surface area contributed by atoms with Gasteiger partial charge >= 0.3 is 12.8 Å². The second-order valence-corrected chi connectivity index (χ2v) is 9.30. The number of hydrogen-bond acceptors (Lipinski definition) is 6. The number of pyridine rings is 1. The normalized spacial score (nSPS) is 17.8. The molecule has 0 radical (unpaired) electrons. The average Bonchev–Trinajstić information content (AvgIpc) is 3.27. The predicted molar refractivity (Wildman–Crippen MR) is 140 cm³/mol. The molecule has 1 N–H and O–H groups in total. The predicted octanol–water partition coefficient (Wildman–Crippen LogP) is 3.96. The summed E-state index contributed by atoms with van der Waals surface area (Å²) < 4.78 is 79.6. The van der Waals surface area contributed by atoms with E-state index in [1.165, 1.54) is 43.5 Å². The molecule has 1 saturated heterocycles. The van der Waals surface area contributed by atoms with Crippen molar-refractivity contribution in [3.8, 4) is 11.5 Å². The fourth-order valence-electron chi connectivity index (χ4n) is 4.64. The summed E-state index contributed by atoms with van der Waals surface area (Å²) in [5.74, 6) is -1.67. The van der Waals surface area contributed by atoms with Gasteiger partial charge < -0.3 is 29.0 Å². The number of hydrogen-bond donors (Lipinski definition) is 1. The van der Waals surface area contributed by atoms with Crippen molar-refractivity contribution >= 4 is 17.5 Å². The lowest BCUT2D eigenvalue weighted by atomic mass is 9.93. The van der Waals surface area contributed by atoms with E-state index >= 15 is 0 Å². The largest absolute Gasteiger partial charge is 0.497 e. The highest BCUT2D eigenvalue weighted by Crippen LogP contribution is 2.33. The first-order valence-corrected chi connectivity index (χ1v) is 12.5. The molecule has 224 valence electrons. The summed E-state index contributed by atoms with van der Waals surface area (Å²) in [5, 5.41) is 2.65. The Labute approximate surface area is 236 Å². The van der Waals surface area contributed by atoms with E-state index in [0.29, 0.717) is 11.3 Å². The van der Waals surface area contributed by atoms with Gasteiger partial charge in [-0.05, 0) is 54.1 Å². The molecule has 1 fully saturated rings. The summed E-state index contributed by atoms with van der Waals surface area (Å²) in [7, 11) is 2.35. The minimum Gasteiger partial charge on any atom is -0.497 e. The van der Waals surface area contributed by atoms with Gasteiger partial charge in [0.15, 0.2) is 6.10 Å². The summed E-state index contributed by atoms with van der Waals surface area (Å²) in [4.78, 5) is 41.1. The fraction of sp³-hybridized carbons (Fsp3) is 0.321. The van der Waals surface area contributed by atoms with Gasteiger partial charge in [0.05, 0.1) is 13.7 Å². The number of alkyl halides is 5. The molecule has 1 aliphatic rings. The van der Waals surface area contributed by atoms with Crippen LogP contribution in [0.3, 0.4) is 0 Å². The van der Waals surface area contributed by atoms with Crippen LogP contribution in [0.1, 0.15) is 21.8 Å². The summed E-state index contributed by atoms with van der Waals surface area (Å²) in [5.41, 5.74) is -0.364. The van der Waals surface area contributed by atoms with Crippen LogP contribution in [0.4, 0.5) is 27.6 Å². The van der Waals surface area contributed by atoms with E-state index in [4.69, 9.17) is 4.74 Å². The Bertz CT molecular complexity index is 1460. The maximum absolute atomic E-state index is 13.7. The molecule has 14 heteroatoms. The van der Waals surface area contributed by atoms with Crippen LogP contribution in [0.5, 0.6) is 11.5 Å². The van der Waals surface area contributed by atoms with E-state index in [0.717, 1.165) is 22.8 Å². The number of halogens is 5. The summed E-state index contributed by atoms with van der Waals surface area (Å²) in [6.45, 7) is -3.96. The van der Waals surface area contributed by atoms with E-state index in [9.17, 15) is 36.3 Å². The number of carbonyl (C=O) groups excluding carboxylic acids is 2. The van der Waals surface area contributed by atoms with Crippen molar-refractivity contribution in [1.29, 1.82) is 0 Å². The van der Waals surface area contributed by atoms with E-state index in [-0.39, 0.29) is 23.5 Å². The molecule has 0 spiro atoms. The second-order valence-electron chi connectivity index (χ2n) is 9.30. The van der Waals surface area contributed by atoms with Gasteiger partial charge in [0.2, 0.25) is 5.91 Å². The smallest absolute Gasteiger partial charge is 0.416 e. The number of rotatable bonds is 10. The monoisotopic (exact) mass is 595 g/mol. The Kier molecular flexibility index (Phi) is 9.14.